The molecule has 0 amide bonds. The molecule has 0 aromatic carbocycles. The van der Waals surface area contributed by atoms with Gasteiger partial charge in [0.25, 0.3) is 0 Å². The SMILES string of the molecule is O=C(O)[C@@H](CC(F)(F)F)[C@H](Cc1ccc(NCCO)nc1)c1nnn[nH]1. The molecule has 26 heavy (non-hydrogen) atoms. The van der Waals surface area contributed by atoms with Crippen molar-refractivity contribution in [3.63, 3.8) is 0 Å². The van der Waals surface area contributed by atoms with Gasteiger partial charge in [0.1, 0.15) is 5.82 Å². The minimum Gasteiger partial charge on any atom is -0.481 e. The van der Waals surface area contributed by atoms with Gasteiger partial charge in [0.2, 0.25) is 0 Å². The number of nitrogens with one attached hydrogen (secondary N) is 2. The normalized spacial score (nSPS) is 14.0. The van der Waals surface area contributed by atoms with E-state index in [1.54, 1.807) is 12.1 Å². The molecule has 0 saturated heterocycles. The Morgan fingerprint density at radius 3 is 2.62 bits per heavy atom. The molecule has 142 valence electrons. The molecule has 0 spiro atoms. The Morgan fingerprint density at radius 2 is 2.12 bits per heavy atom. The van der Waals surface area contributed by atoms with Crippen LogP contribution in [0.25, 0.3) is 0 Å². The van der Waals surface area contributed by atoms with E-state index >= 15 is 0 Å². The minimum absolute atomic E-state index is 0.0378. The Hall–Kier alpha value is -2.76. The molecule has 0 aliphatic carbocycles. The van der Waals surface area contributed by atoms with E-state index in [4.69, 9.17) is 5.11 Å². The number of halogens is 3. The molecule has 4 N–H and O–H groups in total. The monoisotopic (exact) mass is 374 g/mol. The van der Waals surface area contributed by atoms with Crippen LogP contribution < -0.4 is 5.32 Å². The predicted octanol–water partition coefficient (Wildman–Crippen LogP) is 0.978. The molecule has 0 unspecified atom stereocenters. The fourth-order valence-corrected chi connectivity index (χ4v) is 2.49. The lowest BCUT2D eigenvalue weighted by Crippen LogP contribution is -2.30. The molecule has 9 nitrogen and oxygen atoms in total. The molecule has 2 rings (SSSR count). The average Bonchev–Trinajstić information content (AvgIpc) is 3.10. The van der Waals surface area contributed by atoms with E-state index in [0.29, 0.717) is 17.9 Å². The van der Waals surface area contributed by atoms with Crippen LogP contribution in [0, 0.1) is 5.92 Å². The van der Waals surface area contributed by atoms with Gasteiger partial charge in [-0.15, -0.1) is 5.10 Å². The number of hydrogen-bond donors (Lipinski definition) is 4. The lowest BCUT2D eigenvalue weighted by atomic mass is 9.84. The lowest BCUT2D eigenvalue weighted by Gasteiger charge is -2.22. The summed E-state index contributed by atoms with van der Waals surface area (Å²) in [6.45, 7) is 0.215. The fourth-order valence-electron chi connectivity index (χ4n) is 2.49. The van der Waals surface area contributed by atoms with Crippen LogP contribution >= 0.6 is 0 Å². The van der Waals surface area contributed by atoms with Crippen LogP contribution in [0.1, 0.15) is 23.7 Å². The number of pyridine rings is 1. The summed E-state index contributed by atoms with van der Waals surface area (Å²) in [4.78, 5) is 15.5. The first-order valence-corrected chi connectivity index (χ1v) is 7.63. The number of carboxylic acid groups (broad SMARTS) is 1. The summed E-state index contributed by atoms with van der Waals surface area (Å²) in [6.07, 6.45) is -4.78. The second-order valence-corrected chi connectivity index (χ2v) is 5.56. The van der Waals surface area contributed by atoms with Gasteiger partial charge in [-0.1, -0.05) is 6.07 Å². The Morgan fingerprint density at radius 1 is 1.35 bits per heavy atom. The van der Waals surface area contributed by atoms with E-state index in [2.05, 4.69) is 30.9 Å². The lowest BCUT2D eigenvalue weighted by molar-refractivity contribution is -0.165. The molecule has 0 aliphatic rings. The quantitative estimate of drug-likeness (QED) is 0.510. The Bertz CT molecular complexity index is 693. The molecule has 2 heterocycles. The summed E-state index contributed by atoms with van der Waals surface area (Å²) in [7, 11) is 0. The zero-order chi connectivity index (χ0) is 19.2. The number of tetrazole rings is 1. The van der Waals surface area contributed by atoms with E-state index < -0.39 is 30.4 Å². The van der Waals surface area contributed by atoms with Crippen molar-refractivity contribution in [3.05, 3.63) is 29.7 Å². The van der Waals surface area contributed by atoms with Crippen molar-refractivity contribution >= 4 is 11.8 Å². The van der Waals surface area contributed by atoms with Gasteiger partial charge in [-0.3, -0.25) is 4.79 Å². The number of carbonyl (C=O) groups is 1. The number of nitrogens with zero attached hydrogens (tertiary/aromatic N) is 4. The van der Waals surface area contributed by atoms with Crippen molar-refractivity contribution < 1.29 is 28.2 Å². The van der Waals surface area contributed by atoms with E-state index in [1.807, 2.05) is 0 Å². The summed E-state index contributed by atoms with van der Waals surface area (Å²) in [6, 6.07) is 3.19. The van der Waals surface area contributed by atoms with Crippen LogP contribution in [-0.4, -0.2) is 61.1 Å². The van der Waals surface area contributed by atoms with Gasteiger partial charge >= 0.3 is 12.1 Å². The van der Waals surface area contributed by atoms with Gasteiger partial charge in [-0.2, -0.15) is 13.2 Å². The Kier molecular flexibility index (Phi) is 6.44. The second-order valence-electron chi connectivity index (χ2n) is 5.56. The zero-order valence-electron chi connectivity index (χ0n) is 13.4. The number of aromatic amines is 1. The van der Waals surface area contributed by atoms with Gasteiger partial charge in [-0.05, 0) is 28.5 Å². The molecule has 2 atom stereocenters. The highest BCUT2D eigenvalue weighted by Crippen LogP contribution is 2.35. The summed E-state index contributed by atoms with van der Waals surface area (Å²) < 4.78 is 38.4. The molecule has 0 fully saturated rings. The number of aliphatic hydroxyl groups excluding tert-OH is 1. The smallest absolute Gasteiger partial charge is 0.389 e. The van der Waals surface area contributed by atoms with Gasteiger partial charge in [-0.25, -0.2) is 10.1 Å². The largest absolute Gasteiger partial charge is 0.481 e. The summed E-state index contributed by atoms with van der Waals surface area (Å²) in [5.41, 5.74) is 0.523. The highest BCUT2D eigenvalue weighted by molar-refractivity contribution is 5.71. The van der Waals surface area contributed by atoms with Gasteiger partial charge in [0.15, 0.2) is 5.82 Å². The van der Waals surface area contributed by atoms with Gasteiger partial charge in [0.05, 0.1) is 18.9 Å². The molecule has 2 aromatic rings. The van der Waals surface area contributed by atoms with Crippen LogP contribution in [0.15, 0.2) is 18.3 Å². The third-order valence-electron chi connectivity index (χ3n) is 3.67. The van der Waals surface area contributed by atoms with Crippen molar-refractivity contribution in [2.24, 2.45) is 5.92 Å². The number of rotatable bonds is 9. The third kappa shape index (κ3) is 5.65. The molecule has 0 radical (unpaired) electrons. The second kappa shape index (κ2) is 8.56. The third-order valence-corrected chi connectivity index (χ3v) is 3.67. The van der Waals surface area contributed by atoms with Gasteiger partial charge in [0, 0.05) is 18.7 Å². The first-order chi connectivity index (χ1) is 12.3. The van der Waals surface area contributed by atoms with Crippen molar-refractivity contribution in [1.82, 2.24) is 25.6 Å². The maximum absolute atomic E-state index is 12.8. The number of hydrogen-bond acceptors (Lipinski definition) is 7. The number of carboxylic acids is 1. The molecule has 0 aliphatic heterocycles. The molecular formula is C14H17F3N6O3. The number of aliphatic carboxylic acids is 1. The van der Waals surface area contributed by atoms with E-state index in [1.165, 1.54) is 6.20 Å². The van der Waals surface area contributed by atoms with Crippen LogP contribution in [0.3, 0.4) is 0 Å². The standard InChI is InChI=1S/C14H17F3N6O3/c15-14(16,17)6-10(13(25)26)9(12-20-22-23-21-12)5-8-1-2-11(19-7-8)18-3-4-24/h1-2,7,9-10,24H,3-6H2,(H,18,19)(H,25,26)(H,20,21,22,23)/t9-,10-/m0/s1. The molecule has 0 saturated carbocycles. The van der Waals surface area contributed by atoms with Crippen molar-refractivity contribution in [3.8, 4) is 0 Å². The molecular weight excluding hydrogens is 357 g/mol. The maximum Gasteiger partial charge on any atom is 0.389 e. The predicted molar refractivity (Wildman–Crippen MR) is 82.2 cm³/mol. The van der Waals surface area contributed by atoms with E-state index in [9.17, 15) is 23.1 Å². The van der Waals surface area contributed by atoms with Crippen molar-refractivity contribution in [2.45, 2.75) is 24.9 Å². The average molecular weight is 374 g/mol. The maximum atomic E-state index is 12.8. The Balaban J connectivity index is 2.23. The highest BCUT2D eigenvalue weighted by atomic mass is 19.4. The first-order valence-electron chi connectivity index (χ1n) is 7.63. The number of aliphatic hydroxyl groups is 1. The summed E-state index contributed by atoms with van der Waals surface area (Å²) >= 11 is 0. The zero-order valence-corrected chi connectivity index (χ0v) is 13.4. The topological polar surface area (TPSA) is 137 Å². The number of anilines is 1. The van der Waals surface area contributed by atoms with Crippen molar-refractivity contribution in [2.75, 3.05) is 18.5 Å². The highest BCUT2D eigenvalue weighted by Gasteiger charge is 2.41. The number of H-pyrrole nitrogens is 1. The van der Waals surface area contributed by atoms with E-state index in [0.717, 1.165) is 0 Å². The van der Waals surface area contributed by atoms with Crippen LogP contribution in [0.4, 0.5) is 19.0 Å². The Labute approximate surface area is 145 Å². The van der Waals surface area contributed by atoms with Crippen molar-refractivity contribution in [1.29, 1.82) is 0 Å². The van der Waals surface area contributed by atoms with Crippen LogP contribution in [0.2, 0.25) is 0 Å². The molecule has 12 heteroatoms. The first kappa shape index (κ1) is 19.6. The molecule has 2 aromatic heterocycles. The van der Waals surface area contributed by atoms with Crippen LogP contribution in [-0.2, 0) is 11.2 Å². The number of aromatic nitrogens is 5. The van der Waals surface area contributed by atoms with E-state index in [-0.39, 0.29) is 18.9 Å². The van der Waals surface area contributed by atoms with Gasteiger partial charge < -0.3 is 15.5 Å². The fraction of sp³-hybridized carbons (Fsp3) is 0.500. The molecule has 0 bridgehead atoms. The minimum atomic E-state index is -4.65. The van der Waals surface area contributed by atoms with Crippen LogP contribution in [0.5, 0.6) is 0 Å². The summed E-state index contributed by atoms with van der Waals surface area (Å²) in [5, 5.41) is 33.5. The number of alkyl halides is 3. The summed E-state index contributed by atoms with van der Waals surface area (Å²) in [5.74, 6) is -4.01.